The zero-order valence-corrected chi connectivity index (χ0v) is 40.6. The molecule has 1 aliphatic carbocycles. The van der Waals surface area contributed by atoms with Crippen LogP contribution in [0.1, 0.15) is 44.4 Å². The summed E-state index contributed by atoms with van der Waals surface area (Å²) in [5, 5.41) is 4.43. The van der Waals surface area contributed by atoms with E-state index in [4.69, 9.17) is 0 Å². The minimum Gasteiger partial charge on any atom is -1.00 e. The zero-order chi connectivity index (χ0) is 37.9. The molecule has 0 unspecified atom stereocenters. The molecule has 0 aliphatic heterocycles. The smallest absolute Gasteiger partial charge is 1.00 e. The Morgan fingerprint density at radius 2 is 0.623 bits per heavy atom. The van der Waals surface area contributed by atoms with E-state index in [1.807, 2.05) is 0 Å². The molecule has 6 nitrogen and oxygen atoms in total. The van der Waals surface area contributed by atoms with Crippen molar-refractivity contribution in [3.05, 3.63) is 75.4 Å². The first-order valence-corrected chi connectivity index (χ1v) is 20.5. The van der Waals surface area contributed by atoms with Gasteiger partial charge in [0.25, 0.3) is 0 Å². The van der Waals surface area contributed by atoms with Crippen molar-refractivity contribution < 1.29 is 57.7 Å². The Balaban J connectivity index is 0.00000468. The summed E-state index contributed by atoms with van der Waals surface area (Å²) in [7, 11) is 23.1. The summed E-state index contributed by atoms with van der Waals surface area (Å²) in [5.74, 6) is 0. The molecule has 4 rings (SSSR count). The van der Waals surface area contributed by atoms with Crippen LogP contribution in [0.15, 0.2) is 58.7 Å². The molecule has 11 heteroatoms. The van der Waals surface area contributed by atoms with E-state index in [1.165, 1.54) is 88.7 Å². The van der Waals surface area contributed by atoms with Crippen molar-refractivity contribution in [1.82, 2.24) is 0 Å². The van der Waals surface area contributed by atoms with Crippen LogP contribution in [0.2, 0.25) is 3.34 Å². The van der Waals surface area contributed by atoms with Crippen molar-refractivity contribution in [3.63, 3.8) is 0 Å². The summed E-state index contributed by atoms with van der Waals surface area (Å²) in [4.78, 5) is 13.8. The van der Waals surface area contributed by atoms with Gasteiger partial charge >= 0.3 is 319 Å². The minimum absolute atomic E-state index is 0. The molecule has 0 radical (unpaired) electrons. The van der Waals surface area contributed by atoms with Crippen molar-refractivity contribution in [2.45, 2.75) is 51.8 Å². The summed E-state index contributed by atoms with van der Waals surface area (Å²) in [6.45, 7) is 16.7. The summed E-state index contributed by atoms with van der Waals surface area (Å²) >= 11 is 2.61. The number of hydrogen-bond donors (Lipinski definition) is 0. The van der Waals surface area contributed by atoms with E-state index >= 15 is 0 Å². The second kappa shape index (κ2) is 17.7. The average Bonchev–Trinajstić information content (AvgIpc) is 3.17. The molecule has 3 aromatic carbocycles. The molecule has 53 heavy (non-hydrogen) atoms. The number of halogens is 3. The molecule has 1 aliphatic rings. The van der Waals surface area contributed by atoms with Crippen LogP contribution in [0.5, 0.6) is 0 Å². The molecule has 0 amide bonds. The maximum absolute atomic E-state index is 3.20. The van der Waals surface area contributed by atoms with Crippen molar-refractivity contribution in [3.8, 4) is 0 Å². The van der Waals surface area contributed by atoms with Gasteiger partial charge in [0.05, 0.1) is 0 Å². The van der Waals surface area contributed by atoms with Crippen LogP contribution in [0.4, 0.5) is 34.1 Å². The van der Waals surface area contributed by atoms with E-state index in [9.17, 15) is 0 Å². The molecule has 3 aromatic rings. The number of rotatable bonds is 10. The fourth-order valence-electron chi connectivity index (χ4n) is 8.40. The molecule has 0 aromatic heterocycles. The Hall–Kier alpha value is -2.26. The topological polar surface area (TPSA) is 19.4 Å². The van der Waals surface area contributed by atoms with Crippen LogP contribution in [-0.2, 0) is 20.4 Å². The third-order valence-electron chi connectivity index (χ3n) is 11.7. The third-order valence-corrected chi connectivity index (χ3v) is 20.5. The molecule has 0 heterocycles. The van der Waals surface area contributed by atoms with Crippen LogP contribution in [0.3, 0.4) is 0 Å². The Kier molecular flexibility index (Phi) is 16.3. The van der Waals surface area contributed by atoms with Gasteiger partial charge in [-0.3, -0.25) is 0 Å². The summed E-state index contributed by atoms with van der Waals surface area (Å²) in [5.41, 5.74) is 17.4. The number of hydrogen-bond acceptors (Lipinski definition) is 6. The second-order valence-corrected chi connectivity index (χ2v) is 21.6. The maximum Gasteiger partial charge on any atom is -1.00 e. The standard InChI is InChI=1S/C42H63N6Si.3ClH.Ti/c1-26-27(2)29(4)42(28(26)3)49(39-23-33(43(8)9)20-36(30(39)5)46(14)15,40-24-34(44(10)11)21-37(31(40)6)47(16)17)41-25-35(45(12)13)22-38(32(41)7)48(18)19;;;;/h20-25H,1-19H3;3*1H;/q;;;;+3/p-3. The van der Waals surface area contributed by atoms with Gasteiger partial charge in [-0.15, -0.1) is 0 Å². The van der Waals surface area contributed by atoms with E-state index < -0.39 is 8.07 Å². The SMILES string of the molecule is CC1=C(C)[C]([Ti+3])([Si](c2cc(N(C)C)cc(N(C)C)c2C)(c2cc(N(C)C)cc(N(C)C)c2C)c2cc(N(C)C)cc(N(C)C)c2C)C(C)=C1C.[Cl-].[Cl-].[Cl-]. The molecular formula is C42H63Cl3N6SiTi. The van der Waals surface area contributed by atoms with Crippen LogP contribution in [0, 0.1) is 20.8 Å². The fourth-order valence-corrected chi connectivity index (χ4v) is 17.6. The number of allylic oxidation sites excluding steroid dienone is 4. The molecule has 0 atom stereocenters. The Labute approximate surface area is 354 Å². The molecular weight excluding hydrogens is 771 g/mol. The van der Waals surface area contributed by atoms with E-state index in [-0.39, 0.29) is 40.6 Å². The van der Waals surface area contributed by atoms with Crippen molar-refractivity contribution in [2.24, 2.45) is 0 Å². The van der Waals surface area contributed by atoms with Crippen LogP contribution < -0.4 is 82.2 Å². The van der Waals surface area contributed by atoms with Crippen LogP contribution in [-0.4, -0.2) is 92.6 Å². The fraction of sp³-hybridized carbons (Fsp3) is 0.476. The zero-order valence-electron chi connectivity index (χ0n) is 35.8. The Bertz CT molecular complexity index is 1690. The maximum atomic E-state index is 2.61. The summed E-state index contributed by atoms with van der Waals surface area (Å²) < 4.78 is -0.279. The molecule has 0 N–H and O–H groups in total. The van der Waals surface area contributed by atoms with Gasteiger partial charge in [0.2, 0.25) is 0 Å². The van der Waals surface area contributed by atoms with E-state index in [0.717, 1.165) is 0 Å². The molecule has 0 saturated heterocycles. The van der Waals surface area contributed by atoms with Gasteiger partial charge in [0.15, 0.2) is 0 Å². The number of benzene rings is 3. The summed E-state index contributed by atoms with van der Waals surface area (Å²) in [6, 6.07) is 14.8. The van der Waals surface area contributed by atoms with E-state index in [2.05, 4.69) is 219 Å². The predicted molar refractivity (Wildman–Crippen MR) is 224 cm³/mol. The Morgan fingerprint density at radius 3 is 0.811 bits per heavy atom. The summed E-state index contributed by atoms with van der Waals surface area (Å²) in [6.07, 6.45) is 0. The predicted octanol–water partition coefficient (Wildman–Crippen LogP) is -2.58. The van der Waals surface area contributed by atoms with Crippen LogP contribution >= 0.6 is 0 Å². The third kappa shape index (κ3) is 7.78. The van der Waals surface area contributed by atoms with Gasteiger partial charge in [-0.25, -0.2) is 0 Å². The average molecular weight is 834 g/mol. The van der Waals surface area contributed by atoms with Gasteiger partial charge in [0.1, 0.15) is 0 Å². The Morgan fingerprint density at radius 1 is 0.396 bits per heavy atom. The van der Waals surface area contributed by atoms with E-state index in [0.29, 0.717) is 0 Å². The quantitative estimate of drug-likeness (QED) is 0.164. The molecule has 0 saturated carbocycles. The first-order chi connectivity index (χ1) is 23.1. The van der Waals surface area contributed by atoms with Gasteiger partial charge in [-0.1, -0.05) is 0 Å². The van der Waals surface area contributed by atoms with Crippen LogP contribution in [0.25, 0.3) is 0 Å². The van der Waals surface area contributed by atoms with Gasteiger partial charge in [-0.2, -0.15) is 0 Å². The first kappa shape index (κ1) is 48.8. The molecule has 0 bridgehead atoms. The second-order valence-electron chi connectivity index (χ2n) is 15.8. The van der Waals surface area contributed by atoms with Crippen molar-refractivity contribution in [1.29, 1.82) is 0 Å². The normalized spacial score (nSPS) is 13.6. The van der Waals surface area contributed by atoms with E-state index in [1.54, 1.807) is 0 Å². The molecule has 290 valence electrons. The van der Waals surface area contributed by atoms with Crippen molar-refractivity contribution >= 4 is 57.8 Å². The first-order valence-electron chi connectivity index (χ1n) is 17.7. The monoisotopic (exact) mass is 832 g/mol. The minimum atomic E-state index is -3.20. The van der Waals surface area contributed by atoms with Crippen molar-refractivity contribution in [2.75, 3.05) is 114 Å². The molecule has 0 fully saturated rings. The van der Waals surface area contributed by atoms with Gasteiger partial charge < -0.3 is 37.2 Å². The largest absolute Gasteiger partial charge is 1.00 e. The molecule has 0 spiro atoms. The van der Waals surface area contributed by atoms with Gasteiger partial charge in [0, 0.05) is 0 Å². The number of nitrogens with zero attached hydrogens (tertiary/aromatic N) is 6. The van der Waals surface area contributed by atoms with Gasteiger partial charge in [-0.05, 0) is 0 Å². The number of anilines is 6.